The topological polar surface area (TPSA) is 96.4 Å². The van der Waals surface area contributed by atoms with Gasteiger partial charge in [0, 0.05) is 13.1 Å². The first-order valence-electron chi connectivity index (χ1n) is 12.2. The maximum absolute atomic E-state index is 14.1. The first kappa shape index (κ1) is 24.0. The van der Waals surface area contributed by atoms with Crippen LogP contribution in [0.5, 0.6) is 0 Å². The van der Waals surface area contributed by atoms with Gasteiger partial charge in [-0.25, -0.2) is 0 Å². The van der Waals surface area contributed by atoms with E-state index in [-0.39, 0.29) is 30.9 Å². The number of hydrogen-bond acceptors (Lipinski definition) is 6. The fraction of sp³-hybridized carbons (Fsp3) is 0.720. The third-order valence-electron chi connectivity index (χ3n) is 7.64. The Morgan fingerprint density at radius 1 is 1.15 bits per heavy atom. The SMILES string of the molecule is CCCCN1CC=C[C@]23O[C@@]4(C)C=CCCOC(=O)[C@H]4[C@H]2C(=O)N([C@@H](CO)C(C)C)C3C1=O. The van der Waals surface area contributed by atoms with E-state index in [4.69, 9.17) is 9.47 Å². The standard InChI is InChI=1S/C25H36N2O6/c1-5-6-12-26-13-9-11-25-18(19-23(31)32-14-8-7-10-24(19,4)33-25)21(29)27(20(25)22(26)30)17(15-28)16(2)3/h7,9-11,16-20,28H,5-6,8,12-15H2,1-4H3/t17-,18-,19+,20?,24-,25-/m0/s1. The summed E-state index contributed by atoms with van der Waals surface area (Å²) in [6.07, 6.45) is 9.83. The quantitative estimate of drug-likeness (QED) is 0.479. The number of hydrogen-bond donors (Lipinski definition) is 1. The summed E-state index contributed by atoms with van der Waals surface area (Å²) < 4.78 is 12.2. The van der Waals surface area contributed by atoms with Crippen LogP contribution in [0.4, 0.5) is 0 Å². The lowest BCUT2D eigenvalue weighted by molar-refractivity contribution is -0.162. The Balaban J connectivity index is 1.88. The van der Waals surface area contributed by atoms with Gasteiger partial charge in [0.05, 0.1) is 30.8 Å². The van der Waals surface area contributed by atoms with Crippen molar-refractivity contribution in [2.75, 3.05) is 26.3 Å². The van der Waals surface area contributed by atoms with Crippen molar-refractivity contribution in [3.63, 3.8) is 0 Å². The first-order chi connectivity index (χ1) is 15.7. The highest BCUT2D eigenvalue weighted by molar-refractivity contribution is 5.99. The lowest BCUT2D eigenvalue weighted by Gasteiger charge is -2.41. The average Bonchev–Trinajstić information content (AvgIpc) is 3.08. The first-order valence-corrected chi connectivity index (χ1v) is 12.2. The molecule has 1 N–H and O–H groups in total. The lowest BCUT2D eigenvalue weighted by atomic mass is 9.74. The van der Waals surface area contributed by atoms with E-state index in [1.165, 1.54) is 4.90 Å². The smallest absolute Gasteiger partial charge is 0.313 e. The van der Waals surface area contributed by atoms with Crippen molar-refractivity contribution in [1.29, 1.82) is 0 Å². The molecule has 8 heteroatoms. The van der Waals surface area contributed by atoms with Gasteiger partial charge in [-0.15, -0.1) is 0 Å². The van der Waals surface area contributed by atoms with Gasteiger partial charge < -0.3 is 24.4 Å². The monoisotopic (exact) mass is 460 g/mol. The van der Waals surface area contributed by atoms with E-state index in [9.17, 15) is 19.5 Å². The van der Waals surface area contributed by atoms with Gasteiger partial charge in [0.1, 0.15) is 17.6 Å². The molecular formula is C25H36N2O6. The van der Waals surface area contributed by atoms with Gasteiger partial charge in [0.2, 0.25) is 11.8 Å². The van der Waals surface area contributed by atoms with Crippen LogP contribution in [0, 0.1) is 17.8 Å². The molecule has 2 saturated heterocycles. The predicted octanol–water partition coefficient (Wildman–Crippen LogP) is 1.68. The van der Waals surface area contributed by atoms with Gasteiger partial charge in [-0.05, 0) is 25.7 Å². The second kappa shape index (κ2) is 8.87. The predicted molar refractivity (Wildman–Crippen MR) is 121 cm³/mol. The van der Waals surface area contributed by atoms with Crippen LogP contribution < -0.4 is 0 Å². The van der Waals surface area contributed by atoms with Crippen LogP contribution in [0.2, 0.25) is 0 Å². The van der Waals surface area contributed by atoms with E-state index in [0.29, 0.717) is 19.5 Å². The number of rotatable bonds is 6. The van der Waals surface area contributed by atoms with Gasteiger partial charge in [-0.3, -0.25) is 14.4 Å². The zero-order chi connectivity index (χ0) is 24.0. The summed E-state index contributed by atoms with van der Waals surface area (Å²) in [5.74, 6) is -2.87. The number of unbranched alkanes of at least 4 members (excludes halogenated alkanes) is 1. The van der Waals surface area contributed by atoms with E-state index < -0.39 is 41.1 Å². The fourth-order valence-corrected chi connectivity index (χ4v) is 6.00. The number of aliphatic hydroxyl groups excluding tert-OH is 1. The minimum atomic E-state index is -1.30. The summed E-state index contributed by atoms with van der Waals surface area (Å²) in [6.45, 7) is 8.66. The highest BCUT2D eigenvalue weighted by atomic mass is 16.6. The highest BCUT2D eigenvalue weighted by Crippen LogP contribution is 2.57. The van der Waals surface area contributed by atoms with Gasteiger partial charge in [-0.2, -0.15) is 0 Å². The summed E-state index contributed by atoms with van der Waals surface area (Å²) in [7, 11) is 0. The third kappa shape index (κ3) is 3.62. The number of aliphatic hydroxyl groups is 1. The van der Waals surface area contributed by atoms with Crippen molar-refractivity contribution in [2.24, 2.45) is 17.8 Å². The molecule has 4 aliphatic rings. The van der Waals surface area contributed by atoms with Crippen molar-refractivity contribution in [1.82, 2.24) is 9.80 Å². The number of amides is 2. The number of ether oxygens (including phenoxy) is 2. The maximum Gasteiger partial charge on any atom is 0.313 e. The van der Waals surface area contributed by atoms with E-state index >= 15 is 0 Å². The summed E-state index contributed by atoms with van der Waals surface area (Å²) in [5, 5.41) is 10.2. The molecule has 0 radical (unpaired) electrons. The second-order valence-corrected chi connectivity index (χ2v) is 10.1. The summed E-state index contributed by atoms with van der Waals surface area (Å²) in [6, 6.07) is -1.51. The normalized spacial score (nSPS) is 36.8. The molecule has 0 bridgehead atoms. The summed E-state index contributed by atoms with van der Waals surface area (Å²) >= 11 is 0. The van der Waals surface area contributed by atoms with Crippen molar-refractivity contribution in [3.8, 4) is 0 Å². The third-order valence-corrected chi connectivity index (χ3v) is 7.64. The molecule has 0 aliphatic carbocycles. The second-order valence-electron chi connectivity index (χ2n) is 10.1. The molecule has 4 rings (SSSR count). The fourth-order valence-electron chi connectivity index (χ4n) is 6.00. The van der Waals surface area contributed by atoms with Crippen molar-refractivity contribution in [3.05, 3.63) is 24.3 Å². The molecular weight excluding hydrogens is 424 g/mol. The zero-order valence-electron chi connectivity index (χ0n) is 20.0. The Labute approximate surface area is 195 Å². The number of esters is 1. The van der Waals surface area contributed by atoms with E-state index in [1.54, 1.807) is 11.8 Å². The molecule has 182 valence electrons. The van der Waals surface area contributed by atoms with Crippen molar-refractivity contribution >= 4 is 17.8 Å². The Hall–Kier alpha value is -2.19. The summed E-state index contributed by atoms with van der Waals surface area (Å²) in [5.41, 5.74) is -2.37. The molecule has 0 aromatic heterocycles. The van der Waals surface area contributed by atoms with E-state index in [1.807, 2.05) is 38.2 Å². The van der Waals surface area contributed by atoms with E-state index in [2.05, 4.69) is 6.92 Å². The molecule has 4 heterocycles. The van der Waals surface area contributed by atoms with Crippen LogP contribution in [-0.2, 0) is 23.9 Å². The molecule has 1 unspecified atom stereocenters. The Bertz CT molecular complexity index is 869. The molecule has 1 spiro atoms. The summed E-state index contributed by atoms with van der Waals surface area (Å²) in [4.78, 5) is 44.5. The van der Waals surface area contributed by atoms with Crippen LogP contribution >= 0.6 is 0 Å². The van der Waals surface area contributed by atoms with Crippen LogP contribution in [0.25, 0.3) is 0 Å². The minimum absolute atomic E-state index is 0.0884. The van der Waals surface area contributed by atoms with Crippen molar-refractivity contribution < 1.29 is 29.0 Å². The zero-order valence-corrected chi connectivity index (χ0v) is 20.0. The Morgan fingerprint density at radius 2 is 1.91 bits per heavy atom. The Morgan fingerprint density at radius 3 is 2.58 bits per heavy atom. The van der Waals surface area contributed by atoms with Gasteiger partial charge in [-0.1, -0.05) is 51.5 Å². The number of carbonyl (C=O) groups is 3. The number of likely N-dealkylation sites (tertiary alicyclic amines) is 1. The molecule has 33 heavy (non-hydrogen) atoms. The number of cyclic esters (lactones) is 1. The highest BCUT2D eigenvalue weighted by Gasteiger charge is 2.75. The molecule has 6 atom stereocenters. The number of nitrogens with zero attached hydrogens (tertiary/aromatic N) is 2. The van der Waals surface area contributed by atoms with Crippen LogP contribution in [0.1, 0.15) is 47.0 Å². The van der Waals surface area contributed by atoms with Crippen LogP contribution in [-0.4, -0.2) is 82.3 Å². The maximum atomic E-state index is 14.1. The lowest BCUT2D eigenvalue weighted by Crippen LogP contribution is -2.59. The molecule has 0 aromatic carbocycles. The molecule has 8 nitrogen and oxygen atoms in total. The molecule has 0 saturated carbocycles. The molecule has 2 fully saturated rings. The molecule has 2 amide bonds. The van der Waals surface area contributed by atoms with E-state index in [0.717, 1.165) is 12.8 Å². The molecule has 4 aliphatic heterocycles. The van der Waals surface area contributed by atoms with Gasteiger partial charge in [0.15, 0.2) is 0 Å². The molecule has 0 aromatic rings. The van der Waals surface area contributed by atoms with Crippen molar-refractivity contribution in [2.45, 2.75) is 70.2 Å². The minimum Gasteiger partial charge on any atom is -0.465 e. The number of carbonyl (C=O) groups excluding carboxylic acids is 3. The van der Waals surface area contributed by atoms with Crippen LogP contribution in [0.3, 0.4) is 0 Å². The number of fused-ring (bicyclic) bond motifs is 2. The van der Waals surface area contributed by atoms with Gasteiger partial charge >= 0.3 is 5.97 Å². The largest absolute Gasteiger partial charge is 0.465 e. The van der Waals surface area contributed by atoms with Crippen LogP contribution in [0.15, 0.2) is 24.3 Å². The Kier molecular flexibility index (Phi) is 6.44. The average molecular weight is 461 g/mol. The van der Waals surface area contributed by atoms with Gasteiger partial charge in [0.25, 0.3) is 0 Å².